The van der Waals surface area contributed by atoms with Crippen LogP contribution in [0.1, 0.15) is 139 Å². The number of aromatic carboxylic acids is 1. The van der Waals surface area contributed by atoms with E-state index in [1.54, 1.807) is 39.8 Å². The summed E-state index contributed by atoms with van der Waals surface area (Å²) < 4.78 is 14.1. The van der Waals surface area contributed by atoms with Crippen molar-refractivity contribution in [2.45, 2.75) is 118 Å². The van der Waals surface area contributed by atoms with Crippen LogP contribution in [0, 0.1) is 44.6 Å². The van der Waals surface area contributed by atoms with E-state index in [-0.39, 0.29) is 526 Å². The first-order valence-corrected chi connectivity index (χ1v) is 23.1. The number of carboxylic acid groups (broad SMARTS) is 1. The van der Waals surface area contributed by atoms with Gasteiger partial charge in [-0.05, 0) is 69.3 Å². The van der Waals surface area contributed by atoms with Gasteiger partial charge in [0.15, 0.2) is 0 Å². The summed E-state index contributed by atoms with van der Waals surface area (Å²) >= 11 is 0. The molecule has 458 valence electrons. The Morgan fingerprint density at radius 2 is 0.733 bits per heavy atom. The Morgan fingerprint density at radius 3 is 1.00 bits per heavy atom. The normalized spacial score (nSPS) is 6.69. The zero-order chi connectivity index (χ0) is 51.7. The van der Waals surface area contributed by atoms with Gasteiger partial charge in [-0.25, -0.2) is 14.4 Å². The first-order valence-electron chi connectivity index (χ1n) is 23.1. The number of carbonyl (C=O) groups excluding carboxylic acids is 3. The van der Waals surface area contributed by atoms with E-state index in [1.807, 2.05) is 192 Å². The zero-order valence-electron chi connectivity index (χ0n) is 57.1. The van der Waals surface area contributed by atoms with Gasteiger partial charge in [-0.2, -0.15) is 5.43 Å². The van der Waals surface area contributed by atoms with E-state index in [1.165, 1.54) is 6.92 Å². The van der Waals surface area contributed by atoms with Crippen LogP contribution in [0.15, 0.2) is 121 Å². The number of ether oxygens (including phenoxy) is 3. The van der Waals surface area contributed by atoms with Crippen molar-refractivity contribution < 1.29 is 502 Å². The Hall–Kier alpha value is 8.56. The predicted molar refractivity (Wildman–Crippen MR) is 318 cm³/mol. The van der Waals surface area contributed by atoms with Gasteiger partial charge in [-0.3, -0.25) is 4.79 Å². The third-order valence-electron chi connectivity index (χ3n) is 6.68. The molecule has 2 heterocycles. The average molecular weight is 2250 g/mol. The number of nitrogens with two attached hydrogens (primary N) is 1. The largest absolute Gasteiger partial charge is 0.477 e. The predicted octanol–water partition coefficient (Wildman–Crippen LogP) is 15.0. The van der Waals surface area contributed by atoms with Crippen LogP contribution in [0.5, 0.6) is 0 Å². The molecular weight excluding hydrogens is 2150 g/mol. The smallest absolute Gasteiger partial charge is 0.400 e. The summed E-state index contributed by atoms with van der Waals surface area (Å²) in [7, 11) is 0. The summed E-state index contributed by atoms with van der Waals surface area (Å²) in [6.45, 7) is 33.7. The van der Waals surface area contributed by atoms with Crippen molar-refractivity contribution in [2.75, 3.05) is 31.0 Å². The van der Waals surface area contributed by atoms with Crippen molar-refractivity contribution in [1.29, 1.82) is 0 Å². The number of hydrazone groups is 1. The number of nitrogens with one attached hydrogen (secondary N) is 4. The number of esters is 3. The van der Waals surface area contributed by atoms with E-state index in [9.17, 15) is 19.2 Å². The van der Waals surface area contributed by atoms with Crippen molar-refractivity contribution in [3.63, 3.8) is 0 Å². The van der Waals surface area contributed by atoms with Crippen molar-refractivity contribution in [3.05, 3.63) is 177 Å². The van der Waals surface area contributed by atoms with Crippen LogP contribution in [0.4, 0.5) is 11.4 Å². The number of nitrogen functional groups attached to an aromatic ring is 1. The summed E-state index contributed by atoms with van der Waals surface area (Å²) in [6.07, 6.45) is 0. The Balaban J connectivity index is -0.0000000217. The number of carboxylic acids is 1. The van der Waals surface area contributed by atoms with Crippen LogP contribution in [0.25, 0.3) is 21.8 Å². The molecule has 0 atom stereocenters. The Bertz CT molecular complexity index is 2050. The van der Waals surface area contributed by atoms with Gasteiger partial charge >= 0.3 is 23.9 Å². The fraction of sp³-hybridized carbons (Fsp3) is 0.339. The van der Waals surface area contributed by atoms with E-state index in [0.717, 1.165) is 33.2 Å². The van der Waals surface area contributed by atoms with E-state index in [4.69, 9.17) is 20.3 Å². The van der Waals surface area contributed by atoms with Gasteiger partial charge in [0.05, 0.1) is 25.5 Å². The Morgan fingerprint density at radius 1 is 0.442 bits per heavy atom. The SMILES string of the molecule is CC.CC.CC.CC.CC.CC.CCOC(=O)/C(C)=[NH+]\Nc1ccccc1.CCOC(=O)c1cc2ccccc2[nH]1.CCOC(C)=O.Nc1ccccc1.O=C(O)c1cc2ccccc2[nH]1.[CH3-].[CH3-].[CH3-].[CH3-].[CH3-].[CH3-].[Y].[Y].[Y].[Y].[Y].[Y].[Y].[Y].[Y].[Y].[Y].[Y].[Y].[Y]. The number of H-pyrrole nitrogens is 2. The molecule has 0 fully saturated rings. The molecule has 13 nitrogen and oxygen atoms in total. The molecule has 6 rings (SSSR count). The first kappa shape index (κ1) is 171. The van der Waals surface area contributed by atoms with E-state index in [0.29, 0.717) is 31.2 Å². The maximum atomic E-state index is 11.4. The molecule has 0 amide bonds. The second-order valence-corrected chi connectivity index (χ2v) is 10.9. The monoisotopic (exact) mass is 2250 g/mol. The summed E-state index contributed by atoms with van der Waals surface area (Å²) in [5.41, 5.74) is 12.9. The minimum Gasteiger partial charge on any atom is -0.477 e. The number of fused-ring (bicyclic) bond motifs is 2. The topological polar surface area (TPSA) is 200 Å². The average Bonchev–Trinajstić information content (AvgIpc) is 4.02. The third-order valence-corrected chi connectivity index (χ3v) is 6.68. The molecule has 0 saturated heterocycles. The fourth-order valence-electron chi connectivity index (χ4n) is 4.21. The minimum atomic E-state index is -0.925. The standard InChI is InChI=1S/C11H14N2O2.C11H11NO2.C9H7NO2.C6H7N.C4H8O2.6C2H6.6CH3.14Y/c1-3-15-11(14)9(2)12-13-10-7-5-4-6-8-10;1-2-14-11(13)10-7-8-5-3-4-6-9(8)12-10;11-9(12)8-5-6-3-1-2-4-7(6)10-8;7-6-4-2-1-3-5-6;1-3-6-4(2)5;6*1-2;;;;;;;;;;;;;;;;;;;;/h4-8,13H,3H2,1-2H3;3-7,12H,2H2,1H3;1-5,10H,(H,11,12);1-5H,7H2;3H2,1-2H3;6*1-2H3;6*1H3;;;;;;;;;;;;;;/q;;;;;;;;;;;6*-1;;;;;;;;;;;;;;/p+1/b12-9-;;;;;;;;;;;;;;;;;;;;;;;;;;;;;;. The quantitative estimate of drug-likeness (QED) is 0.0213. The van der Waals surface area contributed by atoms with Crippen molar-refractivity contribution in [1.82, 2.24) is 9.97 Å². The summed E-state index contributed by atoms with van der Waals surface area (Å²) in [4.78, 5) is 48.7. The molecular formula is C59H102N5O8Y14-5. The number of benzene rings is 4. The second kappa shape index (κ2) is 133. The molecule has 0 bridgehead atoms. The molecule has 6 aromatic rings. The minimum absolute atomic E-state index is 0. The molecule has 14 radical (unpaired) electrons. The number of carbonyl (C=O) groups is 4. The maximum absolute atomic E-state index is 11.4. The van der Waals surface area contributed by atoms with Gasteiger partial charge in [-0.1, -0.05) is 156 Å². The van der Waals surface area contributed by atoms with Crippen molar-refractivity contribution >= 4 is 62.8 Å². The molecule has 0 aliphatic rings. The van der Waals surface area contributed by atoms with Crippen molar-refractivity contribution in [3.8, 4) is 0 Å². The van der Waals surface area contributed by atoms with Crippen LogP contribution in [-0.4, -0.2) is 64.5 Å². The molecule has 27 heteroatoms. The second-order valence-electron chi connectivity index (χ2n) is 10.9. The third kappa shape index (κ3) is 98.9. The van der Waals surface area contributed by atoms with E-state index in [2.05, 4.69) is 25.2 Å². The number of hydrogen-bond donors (Lipinski definition) is 6. The van der Waals surface area contributed by atoms with Crippen LogP contribution >= 0.6 is 0 Å². The summed E-state index contributed by atoms with van der Waals surface area (Å²) in [5.74, 6) is -1.78. The van der Waals surface area contributed by atoms with Crippen molar-refractivity contribution in [2.24, 2.45) is 0 Å². The van der Waals surface area contributed by atoms with Crippen LogP contribution < -0.4 is 16.3 Å². The van der Waals surface area contributed by atoms with E-state index < -0.39 is 5.97 Å². The number of anilines is 2. The summed E-state index contributed by atoms with van der Waals surface area (Å²) in [6, 6.07) is 37.6. The van der Waals surface area contributed by atoms with Gasteiger partial charge in [0.1, 0.15) is 11.4 Å². The van der Waals surface area contributed by atoms with Crippen LogP contribution in [-0.2, 0) is 482 Å². The molecule has 0 unspecified atom stereocenters. The maximum Gasteiger partial charge on any atom is 0.400 e. The molecule has 86 heavy (non-hydrogen) atoms. The van der Waals surface area contributed by atoms with Gasteiger partial charge in [-0.15, -0.1) is 5.10 Å². The van der Waals surface area contributed by atoms with Crippen LogP contribution in [0.2, 0.25) is 0 Å². The Kier molecular flexibility index (Phi) is 265. The molecule has 4 aromatic carbocycles. The number of aromatic nitrogens is 2. The molecule has 0 spiro atoms. The van der Waals surface area contributed by atoms with Gasteiger partial charge < -0.3 is 79.6 Å². The van der Waals surface area contributed by atoms with Crippen LogP contribution in [0.3, 0.4) is 0 Å². The molecule has 2 aromatic heterocycles. The Labute approximate surface area is 880 Å². The van der Waals surface area contributed by atoms with Gasteiger partial charge in [0, 0.05) is 499 Å². The molecule has 7 N–H and O–H groups in total. The summed E-state index contributed by atoms with van der Waals surface area (Å²) in [5, 5.41) is 13.4. The number of hydrogen-bond acceptors (Lipinski definition) is 9. The number of para-hydroxylation sites is 4. The van der Waals surface area contributed by atoms with Gasteiger partial charge in [0.25, 0.3) is 5.71 Å². The number of rotatable bonds is 8. The number of aromatic amines is 2. The molecule has 0 aliphatic heterocycles. The van der Waals surface area contributed by atoms with E-state index >= 15 is 0 Å². The number of hydrazine groups is 1. The van der Waals surface area contributed by atoms with Gasteiger partial charge in [0.2, 0.25) is 0 Å². The first-order chi connectivity index (χ1) is 32.0. The zero-order valence-corrected chi connectivity index (χ0v) is 96.9. The molecule has 0 saturated carbocycles. The molecule has 0 aliphatic carbocycles. The fourth-order valence-corrected chi connectivity index (χ4v) is 4.21.